The van der Waals surface area contributed by atoms with Crippen molar-refractivity contribution in [3.8, 4) is 0 Å². The lowest BCUT2D eigenvalue weighted by Crippen LogP contribution is -2.50. The molecule has 0 aliphatic carbocycles. The van der Waals surface area contributed by atoms with Crippen LogP contribution in [0, 0.1) is 5.92 Å². The van der Waals surface area contributed by atoms with Crippen LogP contribution in [0.3, 0.4) is 0 Å². The highest BCUT2D eigenvalue weighted by molar-refractivity contribution is 5.97. The van der Waals surface area contributed by atoms with Crippen LogP contribution < -0.4 is 5.32 Å². The second kappa shape index (κ2) is 5.96. The maximum atomic E-state index is 11.7. The Morgan fingerprint density at radius 3 is 2.44 bits per heavy atom. The molecule has 2 amide bonds. The molecule has 1 fully saturated rings. The van der Waals surface area contributed by atoms with Crippen molar-refractivity contribution in [1.29, 1.82) is 0 Å². The quantitative estimate of drug-likeness (QED) is 0.673. The van der Waals surface area contributed by atoms with Crippen LogP contribution in [0.2, 0.25) is 0 Å². The molecule has 16 heavy (non-hydrogen) atoms. The van der Waals surface area contributed by atoms with Gasteiger partial charge in [-0.3, -0.25) is 14.5 Å². The number of methoxy groups -OCH3 is 1. The predicted octanol–water partition coefficient (Wildman–Crippen LogP) is 0.00590. The molecule has 0 aromatic heterocycles. The minimum atomic E-state index is -0.0693. The molecule has 1 aliphatic heterocycles. The molecule has 1 rings (SSSR count). The Hall–Kier alpha value is -0.940. The van der Waals surface area contributed by atoms with E-state index in [4.69, 9.17) is 4.74 Å². The molecule has 0 spiro atoms. The Balaban J connectivity index is 2.57. The van der Waals surface area contributed by atoms with Gasteiger partial charge in [-0.05, 0) is 13.0 Å². The lowest BCUT2D eigenvalue weighted by atomic mass is 9.97. The van der Waals surface area contributed by atoms with Gasteiger partial charge in [0.2, 0.25) is 11.8 Å². The Kier molecular flexibility index (Phi) is 4.89. The molecule has 1 aliphatic rings. The van der Waals surface area contributed by atoms with Crippen LogP contribution in [0.5, 0.6) is 0 Å². The molecule has 1 atom stereocenters. The minimum Gasteiger partial charge on any atom is -0.383 e. The Morgan fingerprint density at radius 2 is 2.00 bits per heavy atom. The van der Waals surface area contributed by atoms with Crippen LogP contribution in [0.15, 0.2) is 0 Å². The molecular formula is C11H20N2O3. The number of hydrogen-bond acceptors (Lipinski definition) is 4. The molecule has 0 radical (unpaired) electrons. The first kappa shape index (κ1) is 13.1. The standard InChI is InChI=1S/C11H20N2O3/c1-8-4-10(14)13(11(15)5-8)6-9(12-2)7-16-3/h8-9,12H,4-7H2,1-3H3. The molecule has 1 N–H and O–H groups in total. The lowest BCUT2D eigenvalue weighted by molar-refractivity contribution is -0.150. The average Bonchev–Trinajstić information content (AvgIpc) is 2.21. The van der Waals surface area contributed by atoms with Gasteiger partial charge in [0.15, 0.2) is 0 Å². The summed E-state index contributed by atoms with van der Waals surface area (Å²) in [5.74, 6) is 0.0342. The molecule has 1 heterocycles. The van der Waals surface area contributed by atoms with Gasteiger partial charge < -0.3 is 10.1 Å². The number of likely N-dealkylation sites (N-methyl/N-ethyl adjacent to an activating group) is 1. The van der Waals surface area contributed by atoms with Crippen molar-refractivity contribution in [2.45, 2.75) is 25.8 Å². The van der Waals surface area contributed by atoms with E-state index in [2.05, 4.69) is 5.32 Å². The van der Waals surface area contributed by atoms with Crippen molar-refractivity contribution >= 4 is 11.8 Å². The van der Waals surface area contributed by atoms with Crippen LogP contribution in [0.25, 0.3) is 0 Å². The highest BCUT2D eigenvalue weighted by Crippen LogP contribution is 2.18. The van der Waals surface area contributed by atoms with E-state index < -0.39 is 0 Å². The highest BCUT2D eigenvalue weighted by Gasteiger charge is 2.31. The van der Waals surface area contributed by atoms with Crippen molar-refractivity contribution in [1.82, 2.24) is 10.2 Å². The lowest BCUT2D eigenvalue weighted by Gasteiger charge is -2.31. The molecule has 0 saturated carbocycles. The third-order valence-electron chi connectivity index (χ3n) is 2.83. The normalized spacial score (nSPS) is 20.3. The molecular weight excluding hydrogens is 208 g/mol. The largest absolute Gasteiger partial charge is 0.383 e. The van der Waals surface area contributed by atoms with Crippen LogP contribution in [0.4, 0.5) is 0 Å². The fraction of sp³-hybridized carbons (Fsp3) is 0.818. The number of piperidine rings is 1. The Morgan fingerprint density at radius 1 is 1.44 bits per heavy atom. The van der Waals surface area contributed by atoms with E-state index in [0.29, 0.717) is 26.0 Å². The van der Waals surface area contributed by atoms with Gasteiger partial charge >= 0.3 is 0 Å². The van der Waals surface area contributed by atoms with Gasteiger partial charge in [0.1, 0.15) is 0 Å². The first-order valence-corrected chi connectivity index (χ1v) is 5.57. The molecule has 1 unspecified atom stereocenters. The summed E-state index contributed by atoms with van der Waals surface area (Å²) in [6.07, 6.45) is 0.935. The fourth-order valence-corrected chi connectivity index (χ4v) is 1.88. The highest BCUT2D eigenvalue weighted by atomic mass is 16.5. The van der Waals surface area contributed by atoms with Crippen molar-refractivity contribution in [3.63, 3.8) is 0 Å². The molecule has 0 aromatic carbocycles. The molecule has 5 heteroatoms. The van der Waals surface area contributed by atoms with Gasteiger partial charge in [-0.15, -0.1) is 0 Å². The van der Waals surface area contributed by atoms with Crippen molar-refractivity contribution in [2.24, 2.45) is 5.92 Å². The van der Waals surface area contributed by atoms with Gasteiger partial charge in [-0.1, -0.05) is 6.92 Å². The SMILES string of the molecule is CNC(COC)CN1C(=O)CC(C)CC1=O. The summed E-state index contributed by atoms with van der Waals surface area (Å²) in [6.45, 7) is 2.82. The van der Waals surface area contributed by atoms with Gasteiger partial charge in [0.05, 0.1) is 6.61 Å². The molecule has 1 saturated heterocycles. The van der Waals surface area contributed by atoms with E-state index in [1.54, 1.807) is 14.2 Å². The van der Waals surface area contributed by atoms with Crippen LogP contribution >= 0.6 is 0 Å². The number of likely N-dealkylation sites (tertiary alicyclic amines) is 1. The maximum absolute atomic E-state index is 11.7. The van der Waals surface area contributed by atoms with E-state index in [1.807, 2.05) is 6.92 Å². The third kappa shape index (κ3) is 3.28. The number of amides is 2. The first-order chi connectivity index (χ1) is 7.58. The molecule has 5 nitrogen and oxygen atoms in total. The molecule has 0 bridgehead atoms. The van der Waals surface area contributed by atoms with E-state index in [1.165, 1.54) is 4.90 Å². The van der Waals surface area contributed by atoms with E-state index in [0.717, 1.165) is 0 Å². The maximum Gasteiger partial charge on any atom is 0.229 e. The summed E-state index contributed by atoms with van der Waals surface area (Å²) in [5, 5.41) is 3.03. The second-order valence-electron chi connectivity index (χ2n) is 4.35. The number of nitrogens with one attached hydrogen (secondary N) is 1. The zero-order valence-electron chi connectivity index (χ0n) is 10.2. The summed E-state index contributed by atoms with van der Waals surface area (Å²) < 4.78 is 5.02. The van der Waals surface area contributed by atoms with Crippen LogP contribution in [-0.2, 0) is 14.3 Å². The van der Waals surface area contributed by atoms with Crippen LogP contribution in [0.1, 0.15) is 19.8 Å². The monoisotopic (exact) mass is 228 g/mol. The topological polar surface area (TPSA) is 58.6 Å². The number of imide groups is 1. The number of rotatable bonds is 5. The number of carbonyl (C=O) groups excluding carboxylic acids is 2. The number of nitrogens with zero attached hydrogens (tertiary/aromatic N) is 1. The summed E-state index contributed by atoms with van der Waals surface area (Å²) in [5.41, 5.74) is 0. The molecule has 0 aromatic rings. The Labute approximate surface area is 96.1 Å². The smallest absolute Gasteiger partial charge is 0.229 e. The summed E-state index contributed by atoms with van der Waals surface area (Å²) in [4.78, 5) is 24.8. The van der Waals surface area contributed by atoms with E-state index in [9.17, 15) is 9.59 Å². The number of ether oxygens (including phenoxy) is 1. The average molecular weight is 228 g/mol. The first-order valence-electron chi connectivity index (χ1n) is 5.57. The third-order valence-corrected chi connectivity index (χ3v) is 2.83. The van der Waals surface area contributed by atoms with E-state index >= 15 is 0 Å². The van der Waals surface area contributed by atoms with Gasteiger partial charge in [-0.25, -0.2) is 0 Å². The number of carbonyl (C=O) groups is 2. The van der Waals surface area contributed by atoms with E-state index in [-0.39, 0.29) is 23.8 Å². The fourth-order valence-electron chi connectivity index (χ4n) is 1.88. The van der Waals surface area contributed by atoms with Crippen LogP contribution in [-0.4, -0.2) is 50.1 Å². The van der Waals surface area contributed by atoms with Gasteiger partial charge in [0, 0.05) is 32.5 Å². The second-order valence-corrected chi connectivity index (χ2v) is 4.35. The predicted molar refractivity (Wildman–Crippen MR) is 59.8 cm³/mol. The van der Waals surface area contributed by atoms with Gasteiger partial charge in [0.25, 0.3) is 0 Å². The Bertz CT molecular complexity index is 250. The summed E-state index contributed by atoms with van der Waals surface area (Å²) >= 11 is 0. The number of hydrogen-bond donors (Lipinski definition) is 1. The van der Waals surface area contributed by atoms with Crippen molar-refractivity contribution in [3.05, 3.63) is 0 Å². The molecule has 92 valence electrons. The minimum absolute atomic E-state index is 0.00584. The van der Waals surface area contributed by atoms with Gasteiger partial charge in [-0.2, -0.15) is 0 Å². The van der Waals surface area contributed by atoms with Crippen molar-refractivity contribution < 1.29 is 14.3 Å². The summed E-state index contributed by atoms with van der Waals surface area (Å²) in [7, 11) is 3.40. The van der Waals surface area contributed by atoms with Crippen molar-refractivity contribution in [2.75, 3.05) is 27.3 Å². The summed E-state index contributed by atoms with van der Waals surface area (Å²) in [6, 6.07) is 0.00584. The zero-order chi connectivity index (χ0) is 12.1. The zero-order valence-corrected chi connectivity index (χ0v) is 10.2.